The van der Waals surface area contributed by atoms with Gasteiger partial charge in [-0.15, -0.1) is 0 Å². The summed E-state index contributed by atoms with van der Waals surface area (Å²) in [5.41, 5.74) is 0.518. The Bertz CT molecular complexity index is 879. The number of benzene rings is 1. The number of hydrogen-bond acceptors (Lipinski definition) is 4. The number of nitrogens with one attached hydrogen (secondary N) is 1. The molecule has 1 aromatic heterocycles. The Hall–Kier alpha value is -2.51. The van der Waals surface area contributed by atoms with E-state index in [0.717, 1.165) is 0 Å². The van der Waals surface area contributed by atoms with E-state index in [2.05, 4.69) is 10.3 Å². The highest BCUT2D eigenvalue weighted by atomic mass is 35.5. The second-order valence-corrected chi connectivity index (χ2v) is 6.39. The molecule has 2 heterocycles. The molecule has 1 aromatic carbocycles. The van der Waals surface area contributed by atoms with Crippen LogP contribution in [0.4, 0.5) is 0 Å². The van der Waals surface area contributed by atoms with Crippen LogP contribution in [-0.4, -0.2) is 39.2 Å². The summed E-state index contributed by atoms with van der Waals surface area (Å²) in [7, 11) is 0. The Morgan fingerprint density at radius 1 is 1.35 bits per heavy atom. The van der Waals surface area contributed by atoms with E-state index in [-0.39, 0.29) is 17.0 Å². The highest BCUT2D eigenvalue weighted by molar-refractivity contribution is 6.34. The molecule has 0 saturated heterocycles. The first-order valence-corrected chi connectivity index (χ1v) is 8.52. The van der Waals surface area contributed by atoms with Crippen molar-refractivity contribution in [2.75, 3.05) is 6.61 Å². The molecule has 4 bridgehead atoms. The summed E-state index contributed by atoms with van der Waals surface area (Å²) < 4.78 is 7.24. The third-order valence-electron chi connectivity index (χ3n) is 3.84. The molecule has 2 aromatic rings. The molecule has 2 N–H and O–H groups in total. The molecule has 0 fully saturated rings. The van der Waals surface area contributed by atoms with Gasteiger partial charge in [0.25, 0.3) is 5.91 Å². The summed E-state index contributed by atoms with van der Waals surface area (Å²) in [6.45, 7) is 0.755. The lowest BCUT2D eigenvalue weighted by molar-refractivity contribution is -0.139. The van der Waals surface area contributed by atoms with Crippen LogP contribution in [0.3, 0.4) is 0 Å². The molecule has 0 radical (unpaired) electrons. The second-order valence-electron chi connectivity index (χ2n) is 5.63. The molecular weight excluding hydrogens is 381 g/mol. The number of aliphatic carboxylic acids is 1. The molecule has 1 atom stereocenters. The predicted molar refractivity (Wildman–Crippen MR) is 95.9 cm³/mol. The summed E-state index contributed by atoms with van der Waals surface area (Å²) in [4.78, 5) is 28.2. The molecule has 3 rings (SSSR count). The number of nitrogens with zero attached hydrogens (tertiary/aromatic N) is 2. The number of fused-ring (bicyclic) bond motifs is 4. The second kappa shape index (κ2) is 7.80. The van der Waals surface area contributed by atoms with Gasteiger partial charge in [0.1, 0.15) is 23.6 Å². The number of hydrogen-bond donors (Lipinski definition) is 2. The Kier molecular flexibility index (Phi) is 5.49. The van der Waals surface area contributed by atoms with Gasteiger partial charge in [0.15, 0.2) is 0 Å². The quantitative estimate of drug-likeness (QED) is 0.723. The maximum atomic E-state index is 12.5. The average Bonchev–Trinajstić information content (AvgIpc) is 2.94. The molecule has 0 saturated carbocycles. The van der Waals surface area contributed by atoms with Crippen molar-refractivity contribution in [2.45, 2.75) is 19.0 Å². The first-order valence-electron chi connectivity index (χ1n) is 7.76. The van der Waals surface area contributed by atoms with E-state index in [1.54, 1.807) is 10.6 Å². The first kappa shape index (κ1) is 18.3. The first-order chi connectivity index (χ1) is 12.5. The Morgan fingerprint density at radius 3 is 2.92 bits per heavy atom. The van der Waals surface area contributed by atoms with Crippen LogP contribution in [0.25, 0.3) is 0 Å². The molecule has 26 heavy (non-hydrogen) atoms. The van der Waals surface area contributed by atoms with Crippen molar-refractivity contribution >= 4 is 35.1 Å². The number of amides is 1. The van der Waals surface area contributed by atoms with Crippen molar-refractivity contribution in [2.24, 2.45) is 0 Å². The molecular formula is C17H15Cl2N3O4. The van der Waals surface area contributed by atoms with E-state index in [1.807, 2.05) is 12.2 Å². The number of halogens is 2. The Balaban J connectivity index is 1.98. The van der Waals surface area contributed by atoms with Crippen molar-refractivity contribution in [1.29, 1.82) is 0 Å². The monoisotopic (exact) mass is 395 g/mol. The van der Waals surface area contributed by atoms with Gasteiger partial charge in [0, 0.05) is 13.0 Å². The topological polar surface area (TPSA) is 93.5 Å². The highest BCUT2D eigenvalue weighted by Gasteiger charge is 2.25. The van der Waals surface area contributed by atoms with Crippen molar-refractivity contribution in [1.82, 2.24) is 14.9 Å². The minimum absolute atomic E-state index is 0.0512. The normalized spacial score (nSPS) is 18.8. The van der Waals surface area contributed by atoms with E-state index in [4.69, 9.17) is 27.9 Å². The number of ether oxygens (including phenoxy) is 1. The maximum absolute atomic E-state index is 12.5. The van der Waals surface area contributed by atoms with Crippen LogP contribution >= 0.6 is 23.2 Å². The minimum Gasteiger partial charge on any atom is -0.490 e. The fourth-order valence-electron chi connectivity index (χ4n) is 2.47. The zero-order valence-electron chi connectivity index (χ0n) is 13.5. The fraction of sp³-hybridized carbons (Fsp3) is 0.235. The third kappa shape index (κ3) is 4.00. The van der Waals surface area contributed by atoms with Crippen molar-refractivity contribution in [3.8, 4) is 5.75 Å². The average molecular weight is 396 g/mol. The van der Waals surface area contributed by atoms with Gasteiger partial charge in [0.2, 0.25) is 0 Å². The third-order valence-corrected chi connectivity index (χ3v) is 4.61. The SMILES string of the molecule is O=C1N[C@H](C(=O)O)Cc2ncn(c2Cl)C/C=C/COc2ccc(Cl)c1c2. The summed E-state index contributed by atoms with van der Waals surface area (Å²) in [6, 6.07) is 3.44. The van der Waals surface area contributed by atoms with Crippen LogP contribution in [0.15, 0.2) is 36.7 Å². The maximum Gasteiger partial charge on any atom is 0.326 e. The predicted octanol–water partition coefficient (Wildman–Crippen LogP) is 2.56. The number of rotatable bonds is 1. The molecule has 1 aliphatic rings. The van der Waals surface area contributed by atoms with Gasteiger partial charge in [-0.25, -0.2) is 9.78 Å². The number of carbonyl (C=O) groups is 2. The molecule has 1 aliphatic heterocycles. The standard InChI is InChI=1S/C17H15Cl2N3O4/c18-12-4-3-10-7-11(12)16(23)21-14(17(24)25)8-13-15(19)22(9-20-13)5-1-2-6-26-10/h1-4,7,9,14H,5-6,8H2,(H,21,23)(H,24,25)/b2-1+/t14-/m0/s1. The van der Waals surface area contributed by atoms with Crippen LogP contribution in [0.2, 0.25) is 10.2 Å². The molecule has 7 nitrogen and oxygen atoms in total. The van der Waals surface area contributed by atoms with Crippen LogP contribution < -0.4 is 10.1 Å². The molecule has 0 aliphatic carbocycles. The Morgan fingerprint density at radius 2 is 2.15 bits per heavy atom. The summed E-state index contributed by atoms with van der Waals surface area (Å²) in [5.74, 6) is -1.36. The lowest BCUT2D eigenvalue weighted by atomic mass is 10.1. The number of carboxylic acids is 1. The van der Waals surface area contributed by atoms with Gasteiger partial charge >= 0.3 is 5.97 Å². The van der Waals surface area contributed by atoms with Gasteiger partial charge < -0.3 is 19.7 Å². The number of aromatic nitrogens is 2. The van der Waals surface area contributed by atoms with Crippen molar-refractivity contribution in [3.63, 3.8) is 0 Å². The van der Waals surface area contributed by atoms with Gasteiger partial charge in [-0.3, -0.25) is 4.79 Å². The Labute approximate surface area is 159 Å². The smallest absolute Gasteiger partial charge is 0.326 e. The van der Waals surface area contributed by atoms with Crippen LogP contribution in [-0.2, 0) is 17.8 Å². The number of carboxylic acid groups (broad SMARTS) is 1. The van der Waals surface area contributed by atoms with E-state index >= 15 is 0 Å². The molecule has 136 valence electrons. The summed E-state index contributed by atoms with van der Waals surface area (Å²) in [6.07, 6.45) is 5.13. The zero-order valence-corrected chi connectivity index (χ0v) is 15.0. The van der Waals surface area contributed by atoms with Crippen LogP contribution in [0.1, 0.15) is 16.1 Å². The van der Waals surface area contributed by atoms with Gasteiger partial charge in [-0.1, -0.05) is 29.3 Å². The van der Waals surface area contributed by atoms with Crippen LogP contribution in [0, 0.1) is 0 Å². The molecule has 9 heteroatoms. The minimum atomic E-state index is -1.20. The van der Waals surface area contributed by atoms with Gasteiger partial charge in [-0.05, 0) is 24.3 Å². The van der Waals surface area contributed by atoms with E-state index in [9.17, 15) is 14.7 Å². The number of imidazole rings is 1. The van der Waals surface area contributed by atoms with E-state index in [1.165, 1.54) is 18.5 Å². The summed E-state index contributed by atoms with van der Waals surface area (Å²) in [5, 5.41) is 12.4. The van der Waals surface area contributed by atoms with Gasteiger partial charge in [-0.2, -0.15) is 0 Å². The molecule has 0 spiro atoms. The number of carbonyl (C=O) groups excluding carboxylic acids is 1. The van der Waals surface area contributed by atoms with Gasteiger partial charge in [0.05, 0.1) is 22.6 Å². The summed E-state index contributed by atoms with van der Waals surface area (Å²) >= 11 is 12.3. The van der Waals surface area contributed by atoms with E-state index in [0.29, 0.717) is 29.7 Å². The largest absolute Gasteiger partial charge is 0.490 e. The van der Waals surface area contributed by atoms with Crippen LogP contribution in [0.5, 0.6) is 5.75 Å². The number of allylic oxidation sites excluding steroid dienone is 1. The fourth-order valence-corrected chi connectivity index (χ4v) is 2.91. The van der Waals surface area contributed by atoms with Crippen molar-refractivity contribution in [3.05, 3.63) is 58.1 Å². The zero-order chi connectivity index (χ0) is 18.7. The highest BCUT2D eigenvalue weighted by Crippen LogP contribution is 2.23. The molecule has 1 amide bonds. The van der Waals surface area contributed by atoms with Crippen molar-refractivity contribution < 1.29 is 19.4 Å². The lowest BCUT2D eigenvalue weighted by Crippen LogP contribution is -2.42. The van der Waals surface area contributed by atoms with E-state index < -0.39 is 17.9 Å². The molecule has 0 unspecified atom stereocenters. The lowest BCUT2D eigenvalue weighted by Gasteiger charge is -2.15.